The molecule has 3 unspecified atom stereocenters. The Hall–Kier alpha value is -2.21. The first-order valence-corrected chi connectivity index (χ1v) is 9.38. The van der Waals surface area contributed by atoms with Crippen LogP contribution in [0.1, 0.15) is 27.2 Å². The Labute approximate surface area is 154 Å². The maximum absolute atomic E-state index is 12.5. The van der Waals surface area contributed by atoms with Gasteiger partial charge in [-0.1, -0.05) is 26.0 Å². The molecule has 1 aromatic carbocycles. The van der Waals surface area contributed by atoms with Crippen LogP contribution in [-0.2, 0) is 11.3 Å². The maximum Gasteiger partial charge on any atom is 0.269 e. The van der Waals surface area contributed by atoms with Crippen molar-refractivity contribution in [1.29, 1.82) is 0 Å². The van der Waals surface area contributed by atoms with Gasteiger partial charge in [0.25, 0.3) is 5.56 Å². The van der Waals surface area contributed by atoms with Gasteiger partial charge in [-0.05, 0) is 37.3 Å². The average Bonchev–Trinajstić information content (AvgIpc) is 2.56. The lowest BCUT2D eigenvalue weighted by Crippen LogP contribution is -2.47. The van der Waals surface area contributed by atoms with Gasteiger partial charge in [-0.3, -0.25) is 14.2 Å². The molecule has 1 aliphatic heterocycles. The summed E-state index contributed by atoms with van der Waals surface area (Å²) in [6.07, 6.45) is 2.55. The van der Waals surface area contributed by atoms with Gasteiger partial charge in [-0.15, -0.1) is 0 Å². The average molecular weight is 356 g/mol. The van der Waals surface area contributed by atoms with Gasteiger partial charge in [-0.25, -0.2) is 4.98 Å². The summed E-state index contributed by atoms with van der Waals surface area (Å²) in [4.78, 5) is 31.2. The molecule has 0 saturated carbocycles. The quantitative estimate of drug-likeness (QED) is 0.888. The molecule has 1 N–H and O–H groups in total. The molecular weight excluding hydrogens is 328 g/mol. The maximum atomic E-state index is 12.5. The molecule has 26 heavy (non-hydrogen) atoms. The second kappa shape index (κ2) is 7.99. The second-order valence-electron chi connectivity index (χ2n) is 7.80. The highest BCUT2D eigenvalue weighted by Crippen LogP contribution is 2.20. The number of carbonyl (C=O) groups is 1. The van der Waals surface area contributed by atoms with E-state index in [1.54, 1.807) is 0 Å². The molecule has 3 atom stereocenters. The Morgan fingerprint density at radius 3 is 2.69 bits per heavy atom. The van der Waals surface area contributed by atoms with Crippen LogP contribution >= 0.6 is 0 Å². The lowest BCUT2D eigenvalue weighted by molar-refractivity contribution is -0.122. The number of carbonyl (C=O) groups excluding carboxylic acids is 1. The molecule has 6 heteroatoms. The molecule has 3 rings (SSSR count). The zero-order chi connectivity index (χ0) is 18.7. The van der Waals surface area contributed by atoms with Gasteiger partial charge < -0.3 is 10.2 Å². The Bertz CT molecular complexity index is 822. The van der Waals surface area contributed by atoms with Crippen molar-refractivity contribution >= 4 is 16.9 Å². The van der Waals surface area contributed by atoms with Gasteiger partial charge >= 0.3 is 0 Å². The van der Waals surface area contributed by atoms with Crippen molar-refractivity contribution in [1.82, 2.24) is 19.8 Å². The summed E-state index contributed by atoms with van der Waals surface area (Å²) in [5.74, 6) is 1.25. The van der Waals surface area contributed by atoms with Crippen LogP contribution in [0.3, 0.4) is 0 Å². The Morgan fingerprint density at radius 1 is 1.27 bits per heavy atom. The van der Waals surface area contributed by atoms with Crippen LogP contribution in [0.5, 0.6) is 0 Å². The number of rotatable bonds is 5. The number of likely N-dealkylation sites (tertiary alicyclic amines) is 1. The number of hydrogen-bond acceptors (Lipinski definition) is 4. The first kappa shape index (κ1) is 18.6. The van der Waals surface area contributed by atoms with Crippen molar-refractivity contribution in [2.24, 2.45) is 11.8 Å². The number of benzene rings is 1. The number of aromatic nitrogens is 2. The van der Waals surface area contributed by atoms with E-state index in [1.807, 2.05) is 31.2 Å². The van der Waals surface area contributed by atoms with Crippen molar-refractivity contribution < 1.29 is 4.79 Å². The minimum Gasteiger partial charge on any atom is -0.351 e. The third-order valence-electron chi connectivity index (χ3n) is 4.94. The number of para-hydroxylation sites is 2. The fourth-order valence-electron chi connectivity index (χ4n) is 4.12. The number of amides is 1. The SMILES string of the molecule is CC1CC(C)CN(CC(C)NC(=O)Cn2c(=O)cnc3ccccc32)C1. The number of piperidine rings is 1. The molecule has 140 valence electrons. The van der Waals surface area contributed by atoms with Crippen molar-refractivity contribution in [3.63, 3.8) is 0 Å². The molecule has 0 spiro atoms. The summed E-state index contributed by atoms with van der Waals surface area (Å²) < 4.78 is 1.48. The van der Waals surface area contributed by atoms with Gasteiger partial charge in [0, 0.05) is 25.7 Å². The van der Waals surface area contributed by atoms with E-state index < -0.39 is 0 Å². The smallest absolute Gasteiger partial charge is 0.269 e. The van der Waals surface area contributed by atoms with E-state index >= 15 is 0 Å². The number of nitrogens with zero attached hydrogens (tertiary/aromatic N) is 3. The topological polar surface area (TPSA) is 67.2 Å². The highest BCUT2D eigenvalue weighted by Gasteiger charge is 2.23. The number of nitrogens with one attached hydrogen (secondary N) is 1. The first-order chi connectivity index (χ1) is 12.4. The lowest BCUT2D eigenvalue weighted by Gasteiger charge is -2.36. The molecule has 2 heterocycles. The fraction of sp³-hybridized carbons (Fsp3) is 0.550. The molecule has 1 aliphatic rings. The van der Waals surface area contributed by atoms with Crippen LogP contribution in [0.25, 0.3) is 11.0 Å². The van der Waals surface area contributed by atoms with Crippen LogP contribution in [0.15, 0.2) is 35.3 Å². The van der Waals surface area contributed by atoms with E-state index in [1.165, 1.54) is 17.2 Å². The highest BCUT2D eigenvalue weighted by atomic mass is 16.2. The molecular formula is C20H28N4O2. The Balaban J connectivity index is 1.62. The summed E-state index contributed by atoms with van der Waals surface area (Å²) in [6.45, 7) is 9.61. The largest absolute Gasteiger partial charge is 0.351 e. The minimum atomic E-state index is -0.259. The lowest BCUT2D eigenvalue weighted by atomic mass is 9.92. The third-order valence-corrected chi connectivity index (χ3v) is 4.94. The van der Waals surface area contributed by atoms with Crippen LogP contribution in [0.4, 0.5) is 0 Å². The van der Waals surface area contributed by atoms with Crippen LogP contribution in [-0.4, -0.2) is 46.0 Å². The molecule has 1 aromatic heterocycles. The molecule has 2 aromatic rings. The van der Waals surface area contributed by atoms with E-state index in [-0.39, 0.29) is 24.1 Å². The molecule has 1 fully saturated rings. The summed E-state index contributed by atoms with van der Waals surface area (Å²) in [6, 6.07) is 7.41. The highest BCUT2D eigenvalue weighted by molar-refractivity contribution is 5.80. The van der Waals surface area contributed by atoms with Crippen molar-refractivity contribution in [2.75, 3.05) is 19.6 Å². The van der Waals surface area contributed by atoms with E-state index in [4.69, 9.17) is 0 Å². The summed E-state index contributed by atoms with van der Waals surface area (Å²) in [5, 5.41) is 3.04. The Kier molecular flexibility index (Phi) is 5.71. The molecule has 0 radical (unpaired) electrons. The standard InChI is InChI=1S/C20H28N4O2/c1-14-8-15(2)11-23(10-14)12-16(3)22-19(25)13-24-18-7-5-4-6-17(18)21-9-20(24)26/h4-7,9,14-16H,8,10-13H2,1-3H3,(H,22,25). The second-order valence-corrected chi connectivity index (χ2v) is 7.80. The van der Waals surface area contributed by atoms with Gasteiger partial charge in [0.15, 0.2) is 0 Å². The molecule has 0 bridgehead atoms. The van der Waals surface area contributed by atoms with Gasteiger partial charge in [0.05, 0.1) is 17.2 Å². The Morgan fingerprint density at radius 2 is 1.96 bits per heavy atom. The van der Waals surface area contributed by atoms with Crippen LogP contribution in [0, 0.1) is 11.8 Å². The third kappa shape index (κ3) is 4.49. The van der Waals surface area contributed by atoms with Gasteiger partial charge in [-0.2, -0.15) is 0 Å². The number of hydrogen-bond donors (Lipinski definition) is 1. The van der Waals surface area contributed by atoms with E-state index in [9.17, 15) is 9.59 Å². The van der Waals surface area contributed by atoms with Gasteiger partial charge in [0.1, 0.15) is 6.54 Å². The summed E-state index contributed by atoms with van der Waals surface area (Å²) >= 11 is 0. The minimum absolute atomic E-state index is 0.0129. The summed E-state index contributed by atoms with van der Waals surface area (Å²) in [7, 11) is 0. The predicted molar refractivity (Wildman–Crippen MR) is 103 cm³/mol. The molecule has 6 nitrogen and oxygen atoms in total. The fourth-order valence-corrected chi connectivity index (χ4v) is 4.12. The first-order valence-electron chi connectivity index (χ1n) is 9.38. The zero-order valence-electron chi connectivity index (χ0n) is 15.8. The monoisotopic (exact) mass is 356 g/mol. The van der Waals surface area contributed by atoms with Gasteiger partial charge in [0.2, 0.25) is 5.91 Å². The van der Waals surface area contributed by atoms with Crippen molar-refractivity contribution in [3.05, 3.63) is 40.8 Å². The zero-order valence-corrected chi connectivity index (χ0v) is 15.8. The van der Waals surface area contributed by atoms with E-state index in [0.29, 0.717) is 22.9 Å². The van der Waals surface area contributed by atoms with E-state index in [0.717, 1.165) is 19.6 Å². The van der Waals surface area contributed by atoms with E-state index in [2.05, 4.69) is 29.0 Å². The normalized spacial score (nSPS) is 22.3. The molecule has 1 amide bonds. The molecule has 0 aliphatic carbocycles. The molecule has 1 saturated heterocycles. The predicted octanol–water partition coefficient (Wildman–Crippen LogP) is 1.88. The van der Waals surface area contributed by atoms with Crippen molar-refractivity contribution in [3.8, 4) is 0 Å². The van der Waals surface area contributed by atoms with Crippen molar-refractivity contribution in [2.45, 2.75) is 39.8 Å². The summed E-state index contributed by atoms with van der Waals surface area (Å²) in [5.41, 5.74) is 1.14. The van der Waals surface area contributed by atoms with Crippen LogP contribution < -0.4 is 10.9 Å². The number of fused-ring (bicyclic) bond motifs is 1. The van der Waals surface area contributed by atoms with Crippen LogP contribution in [0.2, 0.25) is 0 Å².